The van der Waals surface area contributed by atoms with Gasteiger partial charge in [0.05, 0.1) is 11.5 Å². The van der Waals surface area contributed by atoms with Crippen LogP contribution in [0.1, 0.15) is 24.8 Å². The third kappa shape index (κ3) is 4.46. The third-order valence-corrected chi connectivity index (χ3v) is 2.91. The number of rotatable bonds is 5. The lowest BCUT2D eigenvalue weighted by Crippen LogP contribution is -2.22. The Hall–Kier alpha value is -1.72. The second-order valence-corrected chi connectivity index (χ2v) is 4.38. The highest BCUT2D eigenvalue weighted by atomic mass is 16.7. The SMILES string of the molecule is O=[N+]([O-])c1cccc(/C=C/COC2CCCCO2)c1. The van der Waals surface area contributed by atoms with Gasteiger partial charge in [-0.2, -0.15) is 0 Å². The van der Waals surface area contributed by atoms with Gasteiger partial charge in [0.25, 0.3) is 5.69 Å². The molecule has 1 unspecified atom stereocenters. The summed E-state index contributed by atoms with van der Waals surface area (Å²) in [4.78, 5) is 10.2. The van der Waals surface area contributed by atoms with Crippen molar-refractivity contribution in [3.63, 3.8) is 0 Å². The molecule has 102 valence electrons. The summed E-state index contributed by atoms with van der Waals surface area (Å²) >= 11 is 0. The minimum atomic E-state index is -0.399. The molecule has 1 aliphatic rings. The number of hydrogen-bond donors (Lipinski definition) is 0. The van der Waals surface area contributed by atoms with Gasteiger partial charge < -0.3 is 9.47 Å². The standard InChI is InChI=1S/C14H17NO4/c16-15(17)13-7-3-5-12(11-13)6-4-10-19-14-8-1-2-9-18-14/h3-7,11,14H,1-2,8-10H2/b6-4+. The lowest BCUT2D eigenvalue weighted by Gasteiger charge is -2.21. The van der Waals surface area contributed by atoms with Gasteiger partial charge in [-0.05, 0) is 24.8 Å². The molecule has 0 aliphatic carbocycles. The molecule has 1 aromatic rings. The second kappa shape index (κ2) is 7.01. The maximum Gasteiger partial charge on any atom is 0.270 e. The predicted octanol–water partition coefficient (Wildman–Crippen LogP) is 3.15. The predicted molar refractivity (Wildman–Crippen MR) is 71.7 cm³/mol. The van der Waals surface area contributed by atoms with Gasteiger partial charge in [0, 0.05) is 18.7 Å². The molecule has 1 fully saturated rings. The second-order valence-electron chi connectivity index (χ2n) is 4.38. The lowest BCUT2D eigenvalue weighted by atomic mass is 10.2. The molecule has 1 atom stereocenters. The number of non-ortho nitro benzene ring substituents is 1. The van der Waals surface area contributed by atoms with Crippen molar-refractivity contribution in [3.8, 4) is 0 Å². The van der Waals surface area contributed by atoms with E-state index in [4.69, 9.17) is 9.47 Å². The van der Waals surface area contributed by atoms with E-state index in [1.54, 1.807) is 6.07 Å². The van der Waals surface area contributed by atoms with E-state index in [-0.39, 0.29) is 12.0 Å². The van der Waals surface area contributed by atoms with Gasteiger partial charge in [0.1, 0.15) is 0 Å². The van der Waals surface area contributed by atoms with Crippen LogP contribution in [0.25, 0.3) is 6.08 Å². The molecule has 0 spiro atoms. The van der Waals surface area contributed by atoms with Crippen LogP contribution < -0.4 is 0 Å². The van der Waals surface area contributed by atoms with Crippen LogP contribution in [0.5, 0.6) is 0 Å². The summed E-state index contributed by atoms with van der Waals surface area (Å²) < 4.78 is 11.0. The molecule has 0 amide bonds. The normalized spacial score (nSPS) is 19.7. The molecule has 1 heterocycles. The highest BCUT2D eigenvalue weighted by molar-refractivity contribution is 5.53. The molecular weight excluding hydrogens is 246 g/mol. The summed E-state index contributed by atoms with van der Waals surface area (Å²) in [5, 5.41) is 10.6. The molecule has 0 bridgehead atoms. The summed E-state index contributed by atoms with van der Waals surface area (Å²) in [6, 6.07) is 6.50. The number of nitrogens with zero attached hydrogens (tertiary/aromatic N) is 1. The number of nitro benzene ring substituents is 1. The first kappa shape index (κ1) is 13.7. The molecule has 0 N–H and O–H groups in total. The Labute approximate surface area is 112 Å². The molecule has 1 aromatic carbocycles. The Morgan fingerprint density at radius 2 is 2.37 bits per heavy atom. The summed E-state index contributed by atoms with van der Waals surface area (Å²) in [5.41, 5.74) is 0.890. The van der Waals surface area contributed by atoms with Crippen molar-refractivity contribution < 1.29 is 14.4 Å². The van der Waals surface area contributed by atoms with Gasteiger partial charge in [-0.15, -0.1) is 0 Å². The molecule has 1 aliphatic heterocycles. The quantitative estimate of drug-likeness (QED) is 0.604. The molecule has 1 saturated heterocycles. The van der Waals surface area contributed by atoms with E-state index in [2.05, 4.69) is 0 Å². The van der Waals surface area contributed by atoms with Gasteiger partial charge in [-0.25, -0.2) is 0 Å². The first-order valence-electron chi connectivity index (χ1n) is 6.40. The largest absolute Gasteiger partial charge is 0.353 e. The first-order valence-corrected chi connectivity index (χ1v) is 6.40. The zero-order valence-corrected chi connectivity index (χ0v) is 10.7. The monoisotopic (exact) mass is 263 g/mol. The molecule has 0 radical (unpaired) electrons. The molecule has 2 rings (SSSR count). The van der Waals surface area contributed by atoms with Crippen LogP contribution in [0.3, 0.4) is 0 Å². The van der Waals surface area contributed by atoms with Gasteiger partial charge in [-0.1, -0.05) is 24.3 Å². The van der Waals surface area contributed by atoms with Gasteiger partial charge in [-0.3, -0.25) is 10.1 Å². The molecule has 5 nitrogen and oxygen atoms in total. The van der Waals surface area contributed by atoms with E-state index in [0.717, 1.165) is 31.4 Å². The molecule has 0 aromatic heterocycles. The highest BCUT2D eigenvalue weighted by Crippen LogP contribution is 2.15. The van der Waals surface area contributed by atoms with E-state index < -0.39 is 4.92 Å². The maximum absolute atomic E-state index is 10.6. The summed E-state index contributed by atoms with van der Waals surface area (Å²) in [6.45, 7) is 1.21. The van der Waals surface area contributed by atoms with Crippen LogP contribution in [0.2, 0.25) is 0 Å². The van der Waals surface area contributed by atoms with Crippen LogP contribution in [-0.2, 0) is 9.47 Å². The van der Waals surface area contributed by atoms with Crippen molar-refractivity contribution in [1.29, 1.82) is 0 Å². The number of ether oxygens (including phenoxy) is 2. The summed E-state index contributed by atoms with van der Waals surface area (Å²) in [5.74, 6) is 0. The summed E-state index contributed by atoms with van der Waals surface area (Å²) in [7, 11) is 0. The Bertz CT molecular complexity index is 453. The average molecular weight is 263 g/mol. The third-order valence-electron chi connectivity index (χ3n) is 2.91. The summed E-state index contributed by atoms with van der Waals surface area (Å²) in [6.07, 6.45) is 6.73. The number of benzene rings is 1. The molecule has 19 heavy (non-hydrogen) atoms. The zero-order chi connectivity index (χ0) is 13.5. The van der Waals surface area contributed by atoms with Crippen molar-refractivity contribution in [3.05, 3.63) is 46.0 Å². The molecular formula is C14H17NO4. The Morgan fingerprint density at radius 3 is 3.11 bits per heavy atom. The maximum atomic E-state index is 10.6. The number of nitro groups is 1. The van der Waals surface area contributed by atoms with E-state index in [0.29, 0.717) is 6.61 Å². The zero-order valence-electron chi connectivity index (χ0n) is 10.7. The Balaban J connectivity index is 1.81. The highest BCUT2D eigenvalue weighted by Gasteiger charge is 2.12. The fourth-order valence-electron chi connectivity index (χ4n) is 1.93. The van der Waals surface area contributed by atoms with Crippen molar-refractivity contribution in [2.45, 2.75) is 25.6 Å². The Morgan fingerprint density at radius 1 is 1.47 bits per heavy atom. The molecule has 0 saturated carbocycles. The number of hydrogen-bond acceptors (Lipinski definition) is 4. The van der Waals surface area contributed by atoms with E-state index in [9.17, 15) is 10.1 Å². The van der Waals surface area contributed by atoms with E-state index in [1.807, 2.05) is 18.2 Å². The fourth-order valence-corrected chi connectivity index (χ4v) is 1.93. The van der Waals surface area contributed by atoms with E-state index in [1.165, 1.54) is 12.1 Å². The van der Waals surface area contributed by atoms with Crippen LogP contribution in [0.15, 0.2) is 30.3 Å². The lowest BCUT2D eigenvalue weighted by molar-refractivity contribution is -0.384. The van der Waals surface area contributed by atoms with Crippen LogP contribution >= 0.6 is 0 Å². The smallest absolute Gasteiger partial charge is 0.270 e. The van der Waals surface area contributed by atoms with Crippen molar-refractivity contribution in [1.82, 2.24) is 0 Å². The van der Waals surface area contributed by atoms with Crippen LogP contribution in [-0.4, -0.2) is 24.4 Å². The van der Waals surface area contributed by atoms with Crippen molar-refractivity contribution in [2.75, 3.05) is 13.2 Å². The Kier molecular flexibility index (Phi) is 5.06. The topological polar surface area (TPSA) is 61.6 Å². The minimum absolute atomic E-state index is 0.0960. The van der Waals surface area contributed by atoms with Crippen LogP contribution in [0, 0.1) is 10.1 Å². The van der Waals surface area contributed by atoms with Crippen LogP contribution in [0.4, 0.5) is 5.69 Å². The average Bonchev–Trinajstić information content (AvgIpc) is 2.45. The van der Waals surface area contributed by atoms with Crippen molar-refractivity contribution in [2.24, 2.45) is 0 Å². The molecule has 5 heteroatoms. The van der Waals surface area contributed by atoms with Gasteiger partial charge in [0.2, 0.25) is 0 Å². The van der Waals surface area contributed by atoms with E-state index >= 15 is 0 Å². The van der Waals surface area contributed by atoms with Gasteiger partial charge in [0.15, 0.2) is 6.29 Å². The van der Waals surface area contributed by atoms with Crippen molar-refractivity contribution >= 4 is 11.8 Å². The van der Waals surface area contributed by atoms with Gasteiger partial charge >= 0.3 is 0 Å². The minimum Gasteiger partial charge on any atom is -0.353 e. The first-order chi connectivity index (χ1) is 9.25. The fraction of sp³-hybridized carbons (Fsp3) is 0.429.